The van der Waals surface area contributed by atoms with E-state index in [1.165, 1.54) is 12.1 Å². The number of aliphatic hydroxyl groups excluding tert-OH is 1. The Morgan fingerprint density at radius 1 is 1.39 bits per heavy atom. The number of benzene rings is 1. The summed E-state index contributed by atoms with van der Waals surface area (Å²) >= 11 is 0. The zero-order valence-electron chi connectivity index (χ0n) is 13.1. The van der Waals surface area contributed by atoms with E-state index in [1.807, 2.05) is 31.0 Å². The SMILES string of the molecule is CC(c1ccco1)N(C)CC(O)COc1cccc([N+](=O)[O-])c1. The zero-order chi connectivity index (χ0) is 16.8. The van der Waals surface area contributed by atoms with Crippen LogP contribution in [-0.2, 0) is 0 Å². The van der Waals surface area contributed by atoms with Crippen LogP contribution in [0.15, 0.2) is 47.1 Å². The van der Waals surface area contributed by atoms with Gasteiger partial charge in [-0.15, -0.1) is 0 Å². The number of ether oxygens (including phenoxy) is 1. The van der Waals surface area contributed by atoms with Crippen molar-refractivity contribution in [2.75, 3.05) is 20.2 Å². The minimum atomic E-state index is -0.725. The van der Waals surface area contributed by atoms with Gasteiger partial charge in [-0.25, -0.2) is 0 Å². The Bertz CT molecular complexity index is 629. The van der Waals surface area contributed by atoms with Crippen LogP contribution < -0.4 is 4.74 Å². The topological polar surface area (TPSA) is 89.0 Å². The molecule has 2 aromatic rings. The summed E-state index contributed by atoms with van der Waals surface area (Å²) in [5, 5.41) is 20.8. The van der Waals surface area contributed by atoms with Crippen LogP contribution >= 0.6 is 0 Å². The Balaban J connectivity index is 1.84. The fraction of sp³-hybridized carbons (Fsp3) is 0.375. The summed E-state index contributed by atoms with van der Waals surface area (Å²) in [6, 6.07) is 9.62. The van der Waals surface area contributed by atoms with Crippen molar-refractivity contribution in [1.82, 2.24) is 4.90 Å². The molecule has 1 heterocycles. The van der Waals surface area contributed by atoms with Crippen molar-refractivity contribution in [3.8, 4) is 5.75 Å². The molecule has 0 spiro atoms. The first-order valence-corrected chi connectivity index (χ1v) is 7.26. The minimum absolute atomic E-state index is 0.0254. The van der Waals surface area contributed by atoms with Gasteiger partial charge in [0.25, 0.3) is 5.69 Å². The van der Waals surface area contributed by atoms with E-state index in [0.717, 1.165) is 5.76 Å². The van der Waals surface area contributed by atoms with Gasteiger partial charge >= 0.3 is 0 Å². The third kappa shape index (κ3) is 4.80. The van der Waals surface area contributed by atoms with Crippen LogP contribution in [0, 0.1) is 10.1 Å². The van der Waals surface area contributed by atoms with Gasteiger partial charge in [0, 0.05) is 12.6 Å². The number of furan rings is 1. The van der Waals surface area contributed by atoms with Crippen molar-refractivity contribution in [3.63, 3.8) is 0 Å². The molecule has 1 N–H and O–H groups in total. The van der Waals surface area contributed by atoms with Crippen molar-refractivity contribution >= 4 is 5.69 Å². The van der Waals surface area contributed by atoms with Crippen molar-refractivity contribution in [3.05, 3.63) is 58.5 Å². The zero-order valence-corrected chi connectivity index (χ0v) is 13.1. The van der Waals surface area contributed by atoms with E-state index in [9.17, 15) is 15.2 Å². The van der Waals surface area contributed by atoms with Crippen molar-refractivity contribution in [2.45, 2.75) is 19.1 Å². The summed E-state index contributed by atoms with van der Waals surface area (Å²) in [6.07, 6.45) is 0.887. The number of rotatable bonds is 8. The summed E-state index contributed by atoms with van der Waals surface area (Å²) in [5.74, 6) is 1.18. The molecule has 23 heavy (non-hydrogen) atoms. The molecule has 1 aromatic heterocycles. The highest BCUT2D eigenvalue weighted by Crippen LogP contribution is 2.20. The molecule has 0 aliphatic heterocycles. The van der Waals surface area contributed by atoms with Gasteiger partial charge in [0.05, 0.1) is 23.3 Å². The van der Waals surface area contributed by atoms with E-state index < -0.39 is 11.0 Å². The second-order valence-corrected chi connectivity index (χ2v) is 5.35. The highest BCUT2D eigenvalue weighted by atomic mass is 16.6. The molecular weight excluding hydrogens is 300 g/mol. The maximum absolute atomic E-state index is 10.7. The average Bonchev–Trinajstić information content (AvgIpc) is 3.06. The first kappa shape index (κ1) is 17.0. The molecule has 0 aliphatic carbocycles. The minimum Gasteiger partial charge on any atom is -0.491 e. The lowest BCUT2D eigenvalue weighted by molar-refractivity contribution is -0.384. The molecule has 7 nitrogen and oxygen atoms in total. The van der Waals surface area contributed by atoms with Crippen LogP contribution in [0.4, 0.5) is 5.69 Å². The quantitative estimate of drug-likeness (QED) is 0.594. The van der Waals surface area contributed by atoms with Crippen LogP contribution in [0.25, 0.3) is 0 Å². The van der Waals surface area contributed by atoms with Gasteiger partial charge in [-0.1, -0.05) is 6.07 Å². The molecule has 0 amide bonds. The van der Waals surface area contributed by atoms with Crippen LogP contribution in [0.3, 0.4) is 0 Å². The summed E-state index contributed by atoms with van der Waals surface area (Å²) in [6.45, 7) is 2.42. The van der Waals surface area contributed by atoms with E-state index in [4.69, 9.17) is 9.15 Å². The Hall–Kier alpha value is -2.38. The van der Waals surface area contributed by atoms with Gasteiger partial charge in [0.15, 0.2) is 0 Å². The van der Waals surface area contributed by atoms with Gasteiger partial charge in [-0.05, 0) is 32.2 Å². The predicted octanol–water partition coefficient (Wildman–Crippen LogP) is 2.62. The first-order valence-electron chi connectivity index (χ1n) is 7.26. The number of nitro groups is 1. The Morgan fingerprint density at radius 2 is 2.17 bits per heavy atom. The Labute approximate surface area is 134 Å². The fourth-order valence-electron chi connectivity index (χ4n) is 2.17. The van der Waals surface area contributed by atoms with Gasteiger partial charge in [0.2, 0.25) is 0 Å². The average molecular weight is 320 g/mol. The number of hydrogen-bond donors (Lipinski definition) is 1. The van der Waals surface area contributed by atoms with E-state index in [1.54, 1.807) is 18.4 Å². The summed E-state index contributed by atoms with van der Waals surface area (Å²) in [7, 11) is 1.88. The maximum Gasteiger partial charge on any atom is 0.273 e. The Kier molecular flexibility index (Phi) is 5.72. The van der Waals surface area contributed by atoms with Crippen molar-refractivity contribution in [2.24, 2.45) is 0 Å². The molecule has 0 fully saturated rings. The molecule has 2 rings (SSSR count). The number of aliphatic hydroxyl groups is 1. The van der Waals surface area contributed by atoms with Gasteiger partial charge in [-0.2, -0.15) is 0 Å². The molecule has 0 bridgehead atoms. The standard InChI is InChI=1S/C16H20N2O5/c1-12(16-7-4-8-22-16)17(2)10-14(19)11-23-15-6-3-5-13(9-15)18(20)21/h3-9,12,14,19H,10-11H2,1-2H3. The van der Waals surface area contributed by atoms with E-state index in [0.29, 0.717) is 12.3 Å². The molecule has 0 saturated heterocycles. The van der Waals surface area contributed by atoms with Crippen LogP contribution in [0.5, 0.6) is 5.75 Å². The molecule has 1 aromatic carbocycles. The van der Waals surface area contributed by atoms with Crippen molar-refractivity contribution in [1.29, 1.82) is 0 Å². The largest absolute Gasteiger partial charge is 0.491 e. The normalized spacial score (nSPS) is 13.7. The molecule has 2 atom stereocenters. The predicted molar refractivity (Wildman–Crippen MR) is 84.4 cm³/mol. The van der Waals surface area contributed by atoms with Gasteiger partial charge in [0.1, 0.15) is 24.2 Å². The lowest BCUT2D eigenvalue weighted by Crippen LogP contribution is -2.34. The Morgan fingerprint density at radius 3 is 2.83 bits per heavy atom. The lowest BCUT2D eigenvalue weighted by Gasteiger charge is -2.25. The molecule has 124 valence electrons. The highest BCUT2D eigenvalue weighted by Gasteiger charge is 2.18. The molecule has 0 aliphatic rings. The van der Waals surface area contributed by atoms with Crippen molar-refractivity contribution < 1.29 is 19.2 Å². The second kappa shape index (κ2) is 7.75. The van der Waals surface area contributed by atoms with Crippen LogP contribution in [0.2, 0.25) is 0 Å². The number of hydrogen-bond acceptors (Lipinski definition) is 6. The second-order valence-electron chi connectivity index (χ2n) is 5.35. The molecule has 0 saturated carbocycles. The number of non-ortho nitro benzene ring substituents is 1. The monoisotopic (exact) mass is 320 g/mol. The van der Waals surface area contributed by atoms with Crippen LogP contribution in [-0.4, -0.2) is 41.2 Å². The molecular formula is C16H20N2O5. The first-order chi connectivity index (χ1) is 11.0. The maximum atomic E-state index is 10.7. The molecule has 0 radical (unpaired) electrons. The lowest BCUT2D eigenvalue weighted by atomic mass is 10.2. The fourth-order valence-corrected chi connectivity index (χ4v) is 2.17. The number of nitro benzene ring substituents is 1. The summed E-state index contributed by atoms with van der Waals surface area (Å²) in [5.41, 5.74) is -0.0412. The van der Waals surface area contributed by atoms with E-state index in [2.05, 4.69) is 0 Å². The number of nitrogens with zero attached hydrogens (tertiary/aromatic N) is 2. The van der Waals surface area contributed by atoms with E-state index in [-0.39, 0.29) is 18.3 Å². The smallest absolute Gasteiger partial charge is 0.273 e. The molecule has 7 heteroatoms. The molecule has 2 unspecified atom stereocenters. The number of likely N-dealkylation sites (N-methyl/N-ethyl adjacent to an activating group) is 1. The van der Waals surface area contributed by atoms with Gasteiger partial charge in [-0.3, -0.25) is 15.0 Å². The van der Waals surface area contributed by atoms with Crippen LogP contribution in [0.1, 0.15) is 18.7 Å². The van der Waals surface area contributed by atoms with E-state index >= 15 is 0 Å². The highest BCUT2D eigenvalue weighted by molar-refractivity contribution is 5.37. The third-order valence-corrected chi connectivity index (χ3v) is 3.59. The third-order valence-electron chi connectivity index (χ3n) is 3.59. The van der Waals surface area contributed by atoms with Gasteiger partial charge < -0.3 is 14.3 Å². The summed E-state index contributed by atoms with van der Waals surface area (Å²) in [4.78, 5) is 12.2. The summed E-state index contributed by atoms with van der Waals surface area (Å²) < 4.78 is 10.8.